The SMILES string of the molecule is COc1ccccc1CNC(=O)c1cc2c(F)cccc2[nH]1. The number of methoxy groups -OCH3 is 1. The van der Waals surface area contributed by atoms with Gasteiger partial charge in [0, 0.05) is 23.0 Å². The number of carbonyl (C=O) groups excluding carboxylic acids is 1. The van der Waals surface area contributed by atoms with Gasteiger partial charge in [-0.15, -0.1) is 0 Å². The fourth-order valence-corrected chi connectivity index (χ4v) is 2.36. The van der Waals surface area contributed by atoms with E-state index in [9.17, 15) is 9.18 Å². The molecule has 0 aliphatic rings. The molecule has 3 aromatic rings. The summed E-state index contributed by atoms with van der Waals surface area (Å²) in [4.78, 5) is 15.1. The highest BCUT2D eigenvalue weighted by molar-refractivity contribution is 5.98. The maximum absolute atomic E-state index is 13.6. The first-order chi connectivity index (χ1) is 10.7. The maximum Gasteiger partial charge on any atom is 0.268 e. The van der Waals surface area contributed by atoms with Gasteiger partial charge in [-0.25, -0.2) is 4.39 Å². The van der Waals surface area contributed by atoms with Crippen LogP contribution in [0.3, 0.4) is 0 Å². The molecule has 5 heteroatoms. The molecule has 1 aromatic heterocycles. The third-order valence-corrected chi connectivity index (χ3v) is 3.49. The number of carbonyl (C=O) groups is 1. The van der Waals surface area contributed by atoms with Crippen LogP contribution in [0.1, 0.15) is 16.1 Å². The number of amides is 1. The maximum atomic E-state index is 13.6. The van der Waals surface area contributed by atoms with Crippen LogP contribution in [0.15, 0.2) is 48.5 Å². The molecule has 22 heavy (non-hydrogen) atoms. The monoisotopic (exact) mass is 298 g/mol. The van der Waals surface area contributed by atoms with Crippen molar-refractivity contribution in [3.05, 3.63) is 65.6 Å². The van der Waals surface area contributed by atoms with E-state index < -0.39 is 0 Å². The van der Waals surface area contributed by atoms with Crippen LogP contribution in [0.25, 0.3) is 10.9 Å². The van der Waals surface area contributed by atoms with Gasteiger partial charge in [0.1, 0.15) is 17.3 Å². The Balaban J connectivity index is 1.77. The molecule has 0 spiro atoms. The van der Waals surface area contributed by atoms with Crippen molar-refractivity contribution in [2.45, 2.75) is 6.54 Å². The highest BCUT2D eigenvalue weighted by Crippen LogP contribution is 2.19. The summed E-state index contributed by atoms with van der Waals surface area (Å²) in [5.41, 5.74) is 1.80. The van der Waals surface area contributed by atoms with Gasteiger partial charge in [-0.05, 0) is 24.3 Å². The van der Waals surface area contributed by atoms with E-state index in [2.05, 4.69) is 10.3 Å². The molecule has 4 nitrogen and oxygen atoms in total. The van der Waals surface area contributed by atoms with Crippen LogP contribution in [-0.2, 0) is 6.54 Å². The van der Waals surface area contributed by atoms with Crippen molar-refractivity contribution in [2.24, 2.45) is 0 Å². The molecule has 2 aromatic carbocycles. The van der Waals surface area contributed by atoms with Crippen LogP contribution in [0.2, 0.25) is 0 Å². The number of hydrogen-bond acceptors (Lipinski definition) is 2. The van der Waals surface area contributed by atoms with Crippen molar-refractivity contribution >= 4 is 16.8 Å². The minimum Gasteiger partial charge on any atom is -0.496 e. The fraction of sp³-hybridized carbons (Fsp3) is 0.118. The van der Waals surface area contributed by atoms with Gasteiger partial charge < -0.3 is 15.0 Å². The van der Waals surface area contributed by atoms with Gasteiger partial charge in [0.25, 0.3) is 5.91 Å². The van der Waals surface area contributed by atoms with E-state index in [4.69, 9.17) is 4.74 Å². The van der Waals surface area contributed by atoms with Gasteiger partial charge in [0.15, 0.2) is 0 Å². The van der Waals surface area contributed by atoms with Crippen molar-refractivity contribution in [3.8, 4) is 5.75 Å². The Morgan fingerprint density at radius 1 is 1.23 bits per heavy atom. The van der Waals surface area contributed by atoms with Gasteiger partial charge in [-0.1, -0.05) is 24.3 Å². The number of aromatic nitrogens is 1. The van der Waals surface area contributed by atoms with Crippen LogP contribution >= 0.6 is 0 Å². The Morgan fingerprint density at radius 2 is 2.05 bits per heavy atom. The van der Waals surface area contributed by atoms with Gasteiger partial charge in [0.2, 0.25) is 0 Å². The number of hydrogen-bond donors (Lipinski definition) is 2. The molecule has 0 unspecified atom stereocenters. The molecule has 1 heterocycles. The summed E-state index contributed by atoms with van der Waals surface area (Å²) < 4.78 is 18.9. The van der Waals surface area contributed by atoms with Crippen LogP contribution in [-0.4, -0.2) is 18.0 Å². The van der Waals surface area contributed by atoms with E-state index in [0.29, 0.717) is 28.9 Å². The molecule has 0 saturated heterocycles. The first-order valence-corrected chi connectivity index (χ1v) is 6.86. The van der Waals surface area contributed by atoms with Crippen molar-refractivity contribution in [3.63, 3.8) is 0 Å². The lowest BCUT2D eigenvalue weighted by molar-refractivity contribution is 0.0946. The molecule has 1 amide bonds. The lowest BCUT2D eigenvalue weighted by Crippen LogP contribution is -2.23. The first kappa shape index (κ1) is 14.1. The lowest BCUT2D eigenvalue weighted by atomic mass is 10.2. The molecule has 0 bridgehead atoms. The second-order valence-electron chi connectivity index (χ2n) is 4.88. The van der Waals surface area contributed by atoms with E-state index in [-0.39, 0.29) is 11.7 Å². The average molecular weight is 298 g/mol. The van der Waals surface area contributed by atoms with Gasteiger partial charge in [-0.2, -0.15) is 0 Å². The van der Waals surface area contributed by atoms with Gasteiger partial charge in [0.05, 0.1) is 7.11 Å². The Bertz CT molecular complexity index is 826. The summed E-state index contributed by atoms with van der Waals surface area (Å²) in [6.07, 6.45) is 0. The minimum absolute atomic E-state index is 0.290. The number of fused-ring (bicyclic) bond motifs is 1. The molecular weight excluding hydrogens is 283 g/mol. The third kappa shape index (κ3) is 2.65. The normalized spacial score (nSPS) is 10.6. The van der Waals surface area contributed by atoms with Crippen LogP contribution in [0.4, 0.5) is 4.39 Å². The van der Waals surface area contributed by atoms with Gasteiger partial charge >= 0.3 is 0 Å². The molecule has 0 radical (unpaired) electrons. The number of ether oxygens (including phenoxy) is 1. The Morgan fingerprint density at radius 3 is 2.82 bits per heavy atom. The summed E-state index contributed by atoms with van der Waals surface area (Å²) in [6, 6.07) is 13.7. The molecule has 3 rings (SSSR count). The Kier molecular flexibility index (Phi) is 3.78. The zero-order valence-corrected chi connectivity index (χ0v) is 12.0. The van der Waals surface area contributed by atoms with Crippen molar-refractivity contribution in [1.82, 2.24) is 10.3 Å². The second kappa shape index (κ2) is 5.89. The number of H-pyrrole nitrogens is 1. The van der Waals surface area contributed by atoms with Crippen LogP contribution in [0.5, 0.6) is 5.75 Å². The predicted octanol–water partition coefficient (Wildman–Crippen LogP) is 3.25. The van der Waals surface area contributed by atoms with Crippen LogP contribution < -0.4 is 10.1 Å². The van der Waals surface area contributed by atoms with E-state index in [1.807, 2.05) is 24.3 Å². The topological polar surface area (TPSA) is 54.1 Å². The zero-order chi connectivity index (χ0) is 15.5. The molecule has 0 fully saturated rings. The Labute approximate surface area is 126 Å². The summed E-state index contributed by atoms with van der Waals surface area (Å²) >= 11 is 0. The first-order valence-electron chi connectivity index (χ1n) is 6.86. The lowest BCUT2D eigenvalue weighted by Gasteiger charge is -2.08. The van der Waals surface area contributed by atoms with Crippen molar-refractivity contribution in [2.75, 3.05) is 7.11 Å². The van der Waals surface area contributed by atoms with E-state index in [1.165, 1.54) is 12.1 Å². The molecule has 0 saturated carbocycles. The van der Waals surface area contributed by atoms with Crippen LogP contribution in [0, 0.1) is 5.82 Å². The largest absolute Gasteiger partial charge is 0.496 e. The van der Waals surface area contributed by atoms with Gasteiger partial charge in [-0.3, -0.25) is 4.79 Å². The second-order valence-corrected chi connectivity index (χ2v) is 4.88. The summed E-state index contributed by atoms with van der Waals surface area (Å²) in [7, 11) is 1.58. The quantitative estimate of drug-likeness (QED) is 0.777. The number of halogens is 1. The summed E-state index contributed by atoms with van der Waals surface area (Å²) in [5.74, 6) is 0.0736. The molecule has 0 aliphatic heterocycles. The van der Waals surface area contributed by atoms with Crippen molar-refractivity contribution < 1.29 is 13.9 Å². The van der Waals surface area contributed by atoms with E-state index in [1.54, 1.807) is 19.2 Å². The van der Waals surface area contributed by atoms with E-state index in [0.717, 1.165) is 5.56 Å². The number of benzene rings is 2. The third-order valence-electron chi connectivity index (χ3n) is 3.49. The van der Waals surface area contributed by atoms with E-state index >= 15 is 0 Å². The number of rotatable bonds is 4. The highest BCUT2D eigenvalue weighted by Gasteiger charge is 2.12. The number of nitrogens with one attached hydrogen (secondary N) is 2. The fourth-order valence-electron chi connectivity index (χ4n) is 2.36. The summed E-state index contributed by atoms with van der Waals surface area (Å²) in [6.45, 7) is 0.334. The molecule has 0 aliphatic carbocycles. The average Bonchev–Trinajstić information content (AvgIpc) is 2.98. The highest BCUT2D eigenvalue weighted by atomic mass is 19.1. The minimum atomic E-state index is -0.350. The van der Waals surface area contributed by atoms with Crippen molar-refractivity contribution in [1.29, 1.82) is 0 Å². The standard InChI is InChI=1S/C17H15FN2O2/c1-22-16-8-3-2-5-11(16)10-19-17(21)15-9-12-13(18)6-4-7-14(12)20-15/h2-9,20H,10H2,1H3,(H,19,21). The zero-order valence-electron chi connectivity index (χ0n) is 12.0. The molecule has 0 atom stereocenters. The predicted molar refractivity (Wildman–Crippen MR) is 82.4 cm³/mol. The molecular formula is C17H15FN2O2. The molecule has 2 N–H and O–H groups in total. The number of para-hydroxylation sites is 1. The smallest absolute Gasteiger partial charge is 0.268 e. The molecule has 112 valence electrons. The summed E-state index contributed by atoms with van der Waals surface area (Å²) in [5, 5.41) is 3.21. The number of aromatic amines is 1. The Hall–Kier alpha value is -2.82.